The van der Waals surface area contributed by atoms with Crippen molar-refractivity contribution in [3.8, 4) is 0 Å². The van der Waals surface area contributed by atoms with Crippen LogP contribution in [0.2, 0.25) is 0 Å². The van der Waals surface area contributed by atoms with Crippen molar-refractivity contribution in [2.75, 3.05) is 37.4 Å². The molecule has 0 bridgehead atoms. The molecule has 0 radical (unpaired) electrons. The fourth-order valence-corrected chi connectivity index (χ4v) is 1.83. The van der Waals surface area contributed by atoms with Gasteiger partial charge in [0.15, 0.2) is 0 Å². The minimum absolute atomic E-state index is 0.00925. The molecule has 1 aromatic carbocycles. The van der Waals surface area contributed by atoms with Crippen LogP contribution in [0.4, 0.5) is 15.9 Å². The molecule has 0 spiro atoms. The highest BCUT2D eigenvalue weighted by molar-refractivity contribution is 6.00. The van der Waals surface area contributed by atoms with Gasteiger partial charge in [-0.1, -0.05) is 0 Å². The number of nitrogen functional groups attached to an aromatic ring is 1. The molecule has 102 valence electrons. The quantitative estimate of drug-likeness (QED) is 0.543. The molecule has 0 unspecified atom stereocenters. The van der Waals surface area contributed by atoms with Crippen molar-refractivity contribution < 1.29 is 14.2 Å². The van der Waals surface area contributed by atoms with Gasteiger partial charge in [-0.05, 0) is 18.2 Å². The molecule has 0 aliphatic rings. The minimum Gasteiger partial charge on any atom is -0.398 e. The van der Waals surface area contributed by atoms with Gasteiger partial charge < -0.3 is 20.9 Å². The van der Waals surface area contributed by atoms with Crippen molar-refractivity contribution >= 4 is 22.3 Å². The van der Waals surface area contributed by atoms with E-state index in [1.807, 2.05) is 0 Å². The van der Waals surface area contributed by atoms with Crippen molar-refractivity contribution in [1.29, 1.82) is 0 Å². The van der Waals surface area contributed by atoms with Crippen LogP contribution < -0.4 is 11.1 Å². The molecule has 19 heavy (non-hydrogen) atoms. The molecule has 5 nitrogen and oxygen atoms in total. The second-order valence-corrected chi connectivity index (χ2v) is 3.98. The number of anilines is 2. The summed E-state index contributed by atoms with van der Waals surface area (Å²) in [6.07, 6.45) is 1.53. The third-order valence-corrected chi connectivity index (χ3v) is 2.68. The summed E-state index contributed by atoms with van der Waals surface area (Å²) in [7, 11) is 0. The number of halogens is 1. The Morgan fingerprint density at radius 1 is 1.32 bits per heavy atom. The molecule has 0 atom stereocenters. The molecule has 2 aromatic rings. The summed E-state index contributed by atoms with van der Waals surface area (Å²) in [5.74, 6) is 0.202. The number of nitrogens with one attached hydrogen (secondary N) is 1. The topological polar surface area (TPSA) is 80.4 Å². The summed E-state index contributed by atoms with van der Waals surface area (Å²) in [5.41, 5.74) is 6.34. The lowest BCUT2D eigenvalue weighted by Crippen LogP contribution is -2.12. The van der Waals surface area contributed by atoms with E-state index >= 15 is 0 Å². The van der Waals surface area contributed by atoms with Crippen LogP contribution in [-0.2, 0) is 4.74 Å². The average molecular weight is 265 g/mol. The first kappa shape index (κ1) is 13.5. The smallest absolute Gasteiger partial charge is 0.136 e. The van der Waals surface area contributed by atoms with Crippen molar-refractivity contribution in [3.63, 3.8) is 0 Å². The van der Waals surface area contributed by atoms with Crippen LogP contribution in [0.15, 0.2) is 24.4 Å². The second-order valence-electron chi connectivity index (χ2n) is 3.98. The zero-order valence-electron chi connectivity index (χ0n) is 10.4. The van der Waals surface area contributed by atoms with Crippen molar-refractivity contribution in [3.05, 3.63) is 30.2 Å². The number of hydrogen-bond acceptors (Lipinski definition) is 5. The monoisotopic (exact) mass is 265 g/mol. The van der Waals surface area contributed by atoms with E-state index in [9.17, 15) is 4.39 Å². The van der Waals surface area contributed by atoms with Gasteiger partial charge in [-0.15, -0.1) is 0 Å². The summed E-state index contributed by atoms with van der Waals surface area (Å²) in [6.45, 7) is 1.21. The molecule has 0 aliphatic heterocycles. The molecule has 0 aliphatic carbocycles. The predicted octanol–water partition coefficient (Wildman–Crippen LogP) is 1.38. The van der Waals surface area contributed by atoms with E-state index < -0.39 is 0 Å². The molecular formula is C13H16FN3O2. The lowest BCUT2D eigenvalue weighted by atomic mass is 10.1. The van der Waals surface area contributed by atoms with Crippen LogP contribution in [0, 0.1) is 5.82 Å². The van der Waals surface area contributed by atoms with Crippen LogP contribution in [0.1, 0.15) is 0 Å². The van der Waals surface area contributed by atoms with Gasteiger partial charge in [0, 0.05) is 23.8 Å². The number of hydrogen-bond donors (Lipinski definition) is 3. The van der Waals surface area contributed by atoms with E-state index in [2.05, 4.69) is 10.3 Å². The van der Waals surface area contributed by atoms with Crippen molar-refractivity contribution in [2.45, 2.75) is 0 Å². The van der Waals surface area contributed by atoms with Crippen LogP contribution in [0.3, 0.4) is 0 Å². The van der Waals surface area contributed by atoms with Gasteiger partial charge in [-0.2, -0.15) is 0 Å². The Balaban J connectivity index is 2.17. The van der Waals surface area contributed by atoms with Gasteiger partial charge in [-0.3, -0.25) is 0 Å². The van der Waals surface area contributed by atoms with E-state index in [1.54, 1.807) is 6.07 Å². The number of aliphatic hydroxyl groups excluding tert-OH is 1. The third-order valence-electron chi connectivity index (χ3n) is 2.68. The van der Waals surface area contributed by atoms with Gasteiger partial charge in [0.05, 0.1) is 25.2 Å². The molecule has 0 saturated carbocycles. The molecule has 0 fully saturated rings. The highest BCUT2D eigenvalue weighted by Gasteiger charge is 2.09. The standard InChI is InChI=1S/C13H16FN3O2/c14-10-1-2-11(15)12-9(10)3-4-16-13(12)17-5-7-19-8-6-18/h1-4,18H,5-8,15H2,(H,16,17). The Morgan fingerprint density at radius 3 is 2.95 bits per heavy atom. The van der Waals surface area contributed by atoms with Gasteiger partial charge in [0.25, 0.3) is 0 Å². The molecule has 1 heterocycles. The maximum Gasteiger partial charge on any atom is 0.136 e. The lowest BCUT2D eigenvalue weighted by molar-refractivity contribution is 0.0992. The number of pyridine rings is 1. The largest absolute Gasteiger partial charge is 0.398 e. The first-order chi connectivity index (χ1) is 9.24. The SMILES string of the molecule is Nc1ccc(F)c2ccnc(NCCOCCO)c12. The highest BCUT2D eigenvalue weighted by atomic mass is 19.1. The summed E-state index contributed by atoms with van der Waals surface area (Å²) in [4.78, 5) is 4.16. The zero-order chi connectivity index (χ0) is 13.7. The Morgan fingerprint density at radius 2 is 2.16 bits per heavy atom. The predicted molar refractivity (Wildman–Crippen MR) is 72.5 cm³/mol. The van der Waals surface area contributed by atoms with E-state index in [-0.39, 0.29) is 12.4 Å². The van der Waals surface area contributed by atoms with Crippen LogP contribution in [0.25, 0.3) is 10.8 Å². The van der Waals surface area contributed by atoms with Gasteiger partial charge in [0.1, 0.15) is 11.6 Å². The fourth-order valence-electron chi connectivity index (χ4n) is 1.83. The highest BCUT2D eigenvalue weighted by Crippen LogP contribution is 2.28. The lowest BCUT2D eigenvalue weighted by Gasteiger charge is -2.11. The second kappa shape index (κ2) is 6.31. The van der Waals surface area contributed by atoms with Crippen LogP contribution >= 0.6 is 0 Å². The van der Waals surface area contributed by atoms with Gasteiger partial charge in [0.2, 0.25) is 0 Å². The number of aromatic nitrogens is 1. The van der Waals surface area contributed by atoms with Crippen LogP contribution in [0.5, 0.6) is 0 Å². The number of ether oxygens (including phenoxy) is 1. The summed E-state index contributed by atoms with van der Waals surface area (Å²) < 4.78 is 18.8. The number of fused-ring (bicyclic) bond motifs is 1. The molecule has 2 rings (SSSR count). The number of rotatable bonds is 6. The van der Waals surface area contributed by atoms with E-state index in [0.29, 0.717) is 42.0 Å². The Bertz CT molecular complexity index is 563. The summed E-state index contributed by atoms with van der Waals surface area (Å²) >= 11 is 0. The Kier molecular flexibility index (Phi) is 4.48. The Labute approximate surface area is 110 Å². The number of nitrogens with two attached hydrogens (primary N) is 1. The molecule has 4 N–H and O–H groups in total. The van der Waals surface area contributed by atoms with Gasteiger partial charge in [-0.25, -0.2) is 9.37 Å². The van der Waals surface area contributed by atoms with E-state index in [1.165, 1.54) is 18.3 Å². The zero-order valence-corrected chi connectivity index (χ0v) is 10.4. The summed E-state index contributed by atoms with van der Waals surface area (Å²) in [5, 5.41) is 12.6. The van der Waals surface area contributed by atoms with Crippen molar-refractivity contribution in [2.24, 2.45) is 0 Å². The Hall–Kier alpha value is -1.92. The molecule has 1 aromatic heterocycles. The molecule has 0 saturated heterocycles. The number of aliphatic hydroxyl groups is 1. The minimum atomic E-state index is -0.328. The first-order valence-corrected chi connectivity index (χ1v) is 5.99. The first-order valence-electron chi connectivity index (χ1n) is 5.99. The summed E-state index contributed by atoms with van der Waals surface area (Å²) in [6, 6.07) is 4.45. The number of nitrogens with zero attached hydrogens (tertiary/aromatic N) is 1. The molecule has 6 heteroatoms. The van der Waals surface area contributed by atoms with Crippen molar-refractivity contribution in [1.82, 2.24) is 4.98 Å². The van der Waals surface area contributed by atoms with E-state index in [4.69, 9.17) is 15.6 Å². The van der Waals surface area contributed by atoms with E-state index in [0.717, 1.165) is 0 Å². The third kappa shape index (κ3) is 3.10. The molecule has 0 amide bonds. The maximum absolute atomic E-state index is 13.7. The maximum atomic E-state index is 13.7. The normalized spacial score (nSPS) is 10.8. The van der Waals surface area contributed by atoms with Gasteiger partial charge >= 0.3 is 0 Å². The average Bonchev–Trinajstić information content (AvgIpc) is 2.43. The van der Waals surface area contributed by atoms with Crippen LogP contribution in [-0.4, -0.2) is 36.5 Å². The fraction of sp³-hybridized carbons (Fsp3) is 0.308. The molecular weight excluding hydrogens is 249 g/mol. The number of benzene rings is 1.